The molecule has 0 aliphatic carbocycles. The number of hydrogen-bond acceptors (Lipinski definition) is 6. The summed E-state index contributed by atoms with van der Waals surface area (Å²) in [6.45, 7) is 1.54. The Morgan fingerprint density at radius 3 is 2.50 bits per heavy atom. The van der Waals surface area contributed by atoms with Crippen LogP contribution in [0, 0.1) is 17.0 Å². The van der Waals surface area contributed by atoms with E-state index in [9.17, 15) is 25.1 Å². The largest absolute Gasteiger partial charge is 0.467 e. The fourth-order valence-electron chi connectivity index (χ4n) is 1.53. The first kappa shape index (κ1) is 14.1. The van der Waals surface area contributed by atoms with Crippen LogP contribution in [-0.2, 0) is 9.53 Å². The van der Waals surface area contributed by atoms with E-state index in [4.69, 9.17) is 0 Å². The number of ether oxygens (including phenoxy) is 1. The van der Waals surface area contributed by atoms with Crippen molar-refractivity contribution < 1.29 is 24.7 Å². The Bertz CT molecular complexity index is 473. The lowest BCUT2D eigenvalue weighted by atomic mass is 9.99. The Hall–Kier alpha value is -1.99. The molecule has 1 aromatic rings. The zero-order valence-electron chi connectivity index (χ0n) is 9.86. The summed E-state index contributed by atoms with van der Waals surface area (Å²) in [5.74, 6) is -0.972. The third-order valence-corrected chi connectivity index (χ3v) is 2.52. The van der Waals surface area contributed by atoms with Gasteiger partial charge in [-0.15, -0.1) is 0 Å². The van der Waals surface area contributed by atoms with Gasteiger partial charge in [0.1, 0.15) is 6.10 Å². The molecule has 0 bridgehead atoms. The summed E-state index contributed by atoms with van der Waals surface area (Å²) in [6, 6.07) is 3.74. The summed E-state index contributed by atoms with van der Waals surface area (Å²) in [5.41, 5.74) is 0.508. The second-order valence-electron chi connectivity index (χ2n) is 3.71. The van der Waals surface area contributed by atoms with Crippen LogP contribution in [0.2, 0.25) is 0 Å². The summed E-state index contributed by atoms with van der Waals surface area (Å²) in [7, 11) is 1.08. The molecule has 0 aliphatic rings. The number of esters is 1. The predicted octanol–water partition coefficient (Wildman–Crippen LogP) is 0.471. The molecule has 2 unspecified atom stereocenters. The van der Waals surface area contributed by atoms with Crippen molar-refractivity contribution in [2.24, 2.45) is 0 Å². The molecule has 0 spiro atoms. The maximum atomic E-state index is 11.1. The number of methoxy groups -OCH3 is 1. The van der Waals surface area contributed by atoms with Gasteiger partial charge in [0.05, 0.1) is 12.0 Å². The molecule has 0 amide bonds. The normalized spacial score (nSPS) is 13.8. The predicted molar refractivity (Wildman–Crippen MR) is 60.8 cm³/mol. The average Bonchev–Trinajstić information content (AvgIpc) is 2.35. The highest BCUT2D eigenvalue weighted by atomic mass is 16.6. The highest BCUT2D eigenvalue weighted by Gasteiger charge is 2.28. The fraction of sp³-hybridized carbons (Fsp3) is 0.364. The molecule has 7 heteroatoms. The molecule has 1 rings (SSSR count). The van der Waals surface area contributed by atoms with Gasteiger partial charge < -0.3 is 14.9 Å². The highest BCUT2D eigenvalue weighted by Crippen LogP contribution is 2.25. The minimum absolute atomic E-state index is 0.129. The van der Waals surface area contributed by atoms with E-state index in [1.807, 2.05) is 0 Å². The SMILES string of the molecule is COC(=O)C(O)C(O)c1ccc([N+](=O)[O-])cc1C. The number of nitrogens with zero attached hydrogens (tertiary/aromatic N) is 1. The zero-order valence-corrected chi connectivity index (χ0v) is 9.86. The summed E-state index contributed by atoms with van der Waals surface area (Å²) in [4.78, 5) is 21.0. The summed E-state index contributed by atoms with van der Waals surface area (Å²) in [5, 5.41) is 29.8. The van der Waals surface area contributed by atoms with Crippen molar-refractivity contribution in [2.45, 2.75) is 19.1 Å². The number of aliphatic hydroxyl groups excluding tert-OH is 2. The molecule has 0 aromatic heterocycles. The van der Waals surface area contributed by atoms with Crippen LogP contribution >= 0.6 is 0 Å². The second kappa shape index (κ2) is 5.56. The minimum Gasteiger partial charge on any atom is -0.467 e. The summed E-state index contributed by atoms with van der Waals surface area (Å²) < 4.78 is 4.30. The molecule has 0 heterocycles. The molecule has 0 saturated carbocycles. The van der Waals surface area contributed by atoms with E-state index in [0.29, 0.717) is 5.56 Å². The molecular formula is C11H13NO6. The van der Waals surface area contributed by atoms with Crippen LogP contribution in [-0.4, -0.2) is 34.3 Å². The van der Waals surface area contributed by atoms with Crippen molar-refractivity contribution in [1.29, 1.82) is 0 Å². The van der Waals surface area contributed by atoms with Gasteiger partial charge in [-0.25, -0.2) is 4.79 Å². The van der Waals surface area contributed by atoms with Gasteiger partial charge in [0.15, 0.2) is 6.10 Å². The number of non-ortho nitro benzene ring substituents is 1. The number of benzene rings is 1. The van der Waals surface area contributed by atoms with Gasteiger partial charge in [-0.05, 0) is 24.1 Å². The summed E-state index contributed by atoms with van der Waals surface area (Å²) >= 11 is 0. The number of aryl methyl sites for hydroxylation is 1. The Kier molecular flexibility index (Phi) is 4.35. The van der Waals surface area contributed by atoms with Gasteiger partial charge in [0, 0.05) is 12.1 Å². The van der Waals surface area contributed by atoms with Crippen LogP contribution in [0.1, 0.15) is 17.2 Å². The second-order valence-corrected chi connectivity index (χ2v) is 3.71. The maximum absolute atomic E-state index is 11.1. The number of nitro groups is 1. The minimum atomic E-state index is -1.73. The first-order valence-electron chi connectivity index (χ1n) is 5.07. The lowest BCUT2D eigenvalue weighted by molar-refractivity contribution is -0.384. The van der Waals surface area contributed by atoms with Crippen LogP contribution < -0.4 is 0 Å². The van der Waals surface area contributed by atoms with Crippen molar-refractivity contribution >= 4 is 11.7 Å². The van der Waals surface area contributed by atoms with Crippen LogP contribution in [0.4, 0.5) is 5.69 Å². The van der Waals surface area contributed by atoms with Crippen molar-refractivity contribution in [3.63, 3.8) is 0 Å². The van der Waals surface area contributed by atoms with Crippen LogP contribution in [0.15, 0.2) is 18.2 Å². The third kappa shape index (κ3) is 2.82. The Morgan fingerprint density at radius 2 is 2.06 bits per heavy atom. The van der Waals surface area contributed by atoms with E-state index < -0.39 is 23.1 Å². The summed E-state index contributed by atoms with van der Waals surface area (Å²) in [6.07, 6.45) is -3.21. The van der Waals surface area contributed by atoms with Crippen LogP contribution in [0.25, 0.3) is 0 Å². The van der Waals surface area contributed by atoms with Gasteiger partial charge in [-0.3, -0.25) is 10.1 Å². The van der Waals surface area contributed by atoms with Crippen LogP contribution in [0.3, 0.4) is 0 Å². The molecule has 0 radical (unpaired) electrons. The van der Waals surface area contributed by atoms with Crippen molar-refractivity contribution in [3.8, 4) is 0 Å². The Labute approximate surface area is 103 Å². The monoisotopic (exact) mass is 255 g/mol. The molecule has 0 saturated heterocycles. The van der Waals surface area contributed by atoms with E-state index in [-0.39, 0.29) is 11.3 Å². The van der Waals surface area contributed by atoms with Gasteiger partial charge >= 0.3 is 5.97 Å². The van der Waals surface area contributed by atoms with Gasteiger partial charge in [0.25, 0.3) is 5.69 Å². The zero-order chi connectivity index (χ0) is 13.9. The molecule has 18 heavy (non-hydrogen) atoms. The van der Waals surface area contributed by atoms with Crippen molar-refractivity contribution in [2.75, 3.05) is 7.11 Å². The van der Waals surface area contributed by atoms with E-state index in [1.54, 1.807) is 0 Å². The molecule has 2 N–H and O–H groups in total. The first-order valence-corrected chi connectivity index (χ1v) is 5.07. The first-order chi connectivity index (χ1) is 8.38. The lowest BCUT2D eigenvalue weighted by Crippen LogP contribution is -2.29. The van der Waals surface area contributed by atoms with Crippen molar-refractivity contribution in [3.05, 3.63) is 39.4 Å². The third-order valence-electron chi connectivity index (χ3n) is 2.52. The Morgan fingerprint density at radius 1 is 1.44 bits per heavy atom. The topological polar surface area (TPSA) is 110 Å². The fourth-order valence-corrected chi connectivity index (χ4v) is 1.53. The quantitative estimate of drug-likeness (QED) is 0.459. The lowest BCUT2D eigenvalue weighted by Gasteiger charge is -2.17. The average molecular weight is 255 g/mol. The number of nitro benzene ring substituents is 1. The highest BCUT2D eigenvalue weighted by molar-refractivity contribution is 5.75. The Balaban J connectivity index is 3.03. The van der Waals surface area contributed by atoms with Crippen molar-refractivity contribution in [1.82, 2.24) is 0 Å². The number of hydrogen-bond donors (Lipinski definition) is 2. The van der Waals surface area contributed by atoms with Gasteiger partial charge in [0.2, 0.25) is 0 Å². The van der Waals surface area contributed by atoms with E-state index in [1.165, 1.54) is 25.1 Å². The molecule has 0 fully saturated rings. The van der Waals surface area contributed by atoms with Crippen LogP contribution in [0.5, 0.6) is 0 Å². The molecule has 1 aromatic carbocycles. The van der Waals surface area contributed by atoms with E-state index in [0.717, 1.165) is 7.11 Å². The molecule has 0 aliphatic heterocycles. The molecule has 2 atom stereocenters. The van der Waals surface area contributed by atoms with E-state index >= 15 is 0 Å². The number of carbonyl (C=O) groups is 1. The maximum Gasteiger partial charge on any atom is 0.337 e. The van der Waals surface area contributed by atoms with E-state index in [2.05, 4.69) is 4.74 Å². The smallest absolute Gasteiger partial charge is 0.337 e. The van der Waals surface area contributed by atoms with Gasteiger partial charge in [-0.2, -0.15) is 0 Å². The molecule has 98 valence electrons. The number of aliphatic hydroxyl groups is 2. The number of rotatable bonds is 4. The molecule has 7 nitrogen and oxygen atoms in total. The molecular weight excluding hydrogens is 242 g/mol. The standard InChI is InChI=1S/C11H13NO6/c1-6-5-7(12(16)17)3-4-8(6)9(13)10(14)11(15)18-2/h3-5,9-10,13-14H,1-2H3. The number of carbonyl (C=O) groups excluding carboxylic acids is 1. The van der Waals surface area contributed by atoms with Gasteiger partial charge in [-0.1, -0.05) is 0 Å².